The predicted molar refractivity (Wildman–Crippen MR) is 67.3 cm³/mol. The highest BCUT2D eigenvalue weighted by atomic mass is 16.3. The molecule has 0 spiro atoms. The Bertz CT molecular complexity index is 738. The summed E-state index contributed by atoms with van der Waals surface area (Å²) in [4.78, 5) is 23.9. The summed E-state index contributed by atoms with van der Waals surface area (Å²) in [6.45, 7) is 0.0666. The predicted octanol–water partition coefficient (Wildman–Crippen LogP) is 0.781. The fourth-order valence-corrected chi connectivity index (χ4v) is 1.94. The summed E-state index contributed by atoms with van der Waals surface area (Å²) >= 11 is 0. The number of aromatic nitrogens is 4. The fourth-order valence-electron chi connectivity index (χ4n) is 1.94. The molecule has 0 bridgehead atoms. The van der Waals surface area contributed by atoms with Crippen molar-refractivity contribution in [2.45, 2.75) is 6.42 Å². The van der Waals surface area contributed by atoms with Gasteiger partial charge in [-0.15, -0.1) is 0 Å². The van der Waals surface area contributed by atoms with Gasteiger partial charge in [0.15, 0.2) is 0 Å². The van der Waals surface area contributed by atoms with Gasteiger partial charge >= 0.3 is 5.69 Å². The molecule has 92 valence electrons. The van der Waals surface area contributed by atoms with E-state index in [0.29, 0.717) is 6.42 Å². The second kappa shape index (κ2) is 4.15. The molecule has 2 heterocycles. The number of aliphatic hydroxyl groups is 1. The minimum Gasteiger partial charge on any atom is -0.396 e. The van der Waals surface area contributed by atoms with Crippen molar-refractivity contribution in [3.8, 4) is 11.3 Å². The molecule has 2 aromatic heterocycles. The van der Waals surface area contributed by atoms with Gasteiger partial charge < -0.3 is 20.1 Å². The topological polar surface area (TPSA) is 97.6 Å². The number of rotatable bonds is 3. The van der Waals surface area contributed by atoms with Gasteiger partial charge in [-0.25, -0.2) is 9.78 Å². The molecule has 0 amide bonds. The van der Waals surface area contributed by atoms with E-state index in [2.05, 4.69) is 19.9 Å². The molecule has 0 unspecified atom stereocenters. The number of aromatic amines is 3. The highest BCUT2D eigenvalue weighted by Crippen LogP contribution is 2.20. The van der Waals surface area contributed by atoms with Gasteiger partial charge in [0, 0.05) is 12.0 Å². The monoisotopic (exact) mass is 244 g/mol. The third kappa shape index (κ3) is 1.82. The van der Waals surface area contributed by atoms with Gasteiger partial charge in [0.05, 0.1) is 29.5 Å². The van der Waals surface area contributed by atoms with Crippen molar-refractivity contribution in [3.63, 3.8) is 0 Å². The molecule has 0 aliphatic carbocycles. The fraction of sp³-hybridized carbons (Fsp3) is 0.167. The Morgan fingerprint density at radius 1 is 1.17 bits per heavy atom. The Kier molecular flexibility index (Phi) is 2.49. The summed E-state index contributed by atoms with van der Waals surface area (Å²) in [6, 6.07) is 5.63. The number of benzene rings is 1. The average Bonchev–Trinajstić information content (AvgIpc) is 2.93. The van der Waals surface area contributed by atoms with Crippen LogP contribution in [0.15, 0.2) is 29.2 Å². The van der Waals surface area contributed by atoms with Crippen LogP contribution >= 0.6 is 0 Å². The summed E-state index contributed by atoms with van der Waals surface area (Å²) in [6.07, 6.45) is 2.22. The minimum atomic E-state index is -0.215. The van der Waals surface area contributed by atoms with E-state index in [9.17, 15) is 4.79 Å². The van der Waals surface area contributed by atoms with Gasteiger partial charge in [0.2, 0.25) is 0 Å². The van der Waals surface area contributed by atoms with Crippen molar-refractivity contribution < 1.29 is 5.11 Å². The largest absolute Gasteiger partial charge is 0.396 e. The second-order valence-electron chi connectivity index (χ2n) is 4.06. The number of nitrogens with one attached hydrogen (secondary N) is 3. The van der Waals surface area contributed by atoms with Gasteiger partial charge in [-0.1, -0.05) is 6.07 Å². The van der Waals surface area contributed by atoms with Gasteiger partial charge in [-0.2, -0.15) is 0 Å². The van der Waals surface area contributed by atoms with Crippen LogP contribution < -0.4 is 5.69 Å². The smallest absolute Gasteiger partial charge is 0.323 e. The highest BCUT2D eigenvalue weighted by Gasteiger charge is 2.05. The van der Waals surface area contributed by atoms with Crippen molar-refractivity contribution >= 4 is 11.0 Å². The molecule has 0 saturated heterocycles. The van der Waals surface area contributed by atoms with E-state index in [1.165, 1.54) is 0 Å². The molecular weight excluding hydrogens is 232 g/mol. The number of H-pyrrole nitrogens is 3. The molecule has 0 fully saturated rings. The number of nitrogens with zero attached hydrogens (tertiary/aromatic N) is 1. The molecule has 4 N–H and O–H groups in total. The third-order valence-electron chi connectivity index (χ3n) is 2.80. The van der Waals surface area contributed by atoms with Gasteiger partial charge in [0.1, 0.15) is 5.82 Å². The molecule has 0 aliphatic rings. The lowest BCUT2D eigenvalue weighted by atomic mass is 10.1. The lowest BCUT2D eigenvalue weighted by Crippen LogP contribution is -1.99. The van der Waals surface area contributed by atoms with Crippen LogP contribution in [0.1, 0.15) is 5.82 Å². The molecule has 0 saturated carbocycles. The number of hydrogen-bond acceptors (Lipinski definition) is 3. The summed E-state index contributed by atoms with van der Waals surface area (Å²) in [5.74, 6) is 0.746. The number of hydrogen-bond donors (Lipinski definition) is 4. The summed E-state index contributed by atoms with van der Waals surface area (Å²) in [7, 11) is 0. The van der Waals surface area contributed by atoms with Crippen LogP contribution in [-0.2, 0) is 6.42 Å². The van der Waals surface area contributed by atoms with E-state index < -0.39 is 0 Å². The van der Waals surface area contributed by atoms with Gasteiger partial charge in [-0.3, -0.25) is 0 Å². The van der Waals surface area contributed by atoms with Crippen molar-refractivity contribution in [2.75, 3.05) is 6.61 Å². The minimum absolute atomic E-state index is 0.0666. The Balaban J connectivity index is 2.04. The van der Waals surface area contributed by atoms with E-state index in [0.717, 1.165) is 28.1 Å². The van der Waals surface area contributed by atoms with Crippen molar-refractivity contribution in [1.82, 2.24) is 19.9 Å². The molecular formula is C12H12N4O2. The van der Waals surface area contributed by atoms with Crippen molar-refractivity contribution in [1.29, 1.82) is 0 Å². The zero-order valence-electron chi connectivity index (χ0n) is 9.53. The molecule has 0 radical (unpaired) electrons. The van der Waals surface area contributed by atoms with Crippen LogP contribution in [0.5, 0.6) is 0 Å². The highest BCUT2D eigenvalue weighted by molar-refractivity contribution is 5.80. The summed E-state index contributed by atoms with van der Waals surface area (Å²) in [5.41, 5.74) is 3.12. The third-order valence-corrected chi connectivity index (χ3v) is 2.80. The van der Waals surface area contributed by atoms with Gasteiger partial charge in [0.25, 0.3) is 0 Å². The lowest BCUT2D eigenvalue weighted by Gasteiger charge is -1.97. The first kappa shape index (κ1) is 10.8. The first-order valence-electron chi connectivity index (χ1n) is 5.63. The van der Waals surface area contributed by atoms with Crippen LogP contribution in [0.3, 0.4) is 0 Å². The van der Waals surface area contributed by atoms with E-state index in [4.69, 9.17) is 5.11 Å². The van der Waals surface area contributed by atoms with Crippen LogP contribution in [0.2, 0.25) is 0 Å². The molecule has 6 heteroatoms. The maximum atomic E-state index is 11.2. The van der Waals surface area contributed by atoms with Crippen LogP contribution in [0.4, 0.5) is 0 Å². The summed E-state index contributed by atoms with van der Waals surface area (Å²) < 4.78 is 0. The van der Waals surface area contributed by atoms with Crippen LogP contribution in [-0.4, -0.2) is 31.6 Å². The maximum Gasteiger partial charge on any atom is 0.323 e. The zero-order chi connectivity index (χ0) is 12.5. The second-order valence-corrected chi connectivity index (χ2v) is 4.06. The molecule has 0 atom stereocenters. The maximum absolute atomic E-state index is 11.2. The Labute approximate surface area is 102 Å². The average molecular weight is 244 g/mol. The normalized spacial score (nSPS) is 11.2. The van der Waals surface area contributed by atoms with E-state index in [-0.39, 0.29) is 12.3 Å². The molecule has 0 aliphatic heterocycles. The van der Waals surface area contributed by atoms with Crippen LogP contribution in [0, 0.1) is 0 Å². The standard InChI is InChI=1S/C12H12N4O2/c17-4-3-11-13-6-10(14-11)7-1-2-8-9(5-7)16-12(18)15-8/h1-2,5-6,17H,3-4H2,(H,13,14)(H2,15,16,18). The number of imidazole rings is 2. The van der Waals surface area contributed by atoms with Crippen LogP contribution in [0.25, 0.3) is 22.3 Å². The number of aliphatic hydroxyl groups excluding tert-OH is 1. The Morgan fingerprint density at radius 2 is 2.00 bits per heavy atom. The molecule has 1 aromatic carbocycles. The Hall–Kier alpha value is -2.34. The van der Waals surface area contributed by atoms with E-state index in [1.54, 1.807) is 6.20 Å². The Morgan fingerprint density at radius 3 is 2.83 bits per heavy atom. The SMILES string of the molecule is O=c1[nH]c2ccc(-c3cnc(CCO)[nH]3)cc2[nH]1. The first-order valence-corrected chi connectivity index (χ1v) is 5.63. The molecule has 6 nitrogen and oxygen atoms in total. The molecule has 3 aromatic rings. The summed E-state index contributed by atoms with van der Waals surface area (Å²) in [5, 5.41) is 8.84. The van der Waals surface area contributed by atoms with E-state index in [1.807, 2.05) is 18.2 Å². The van der Waals surface area contributed by atoms with E-state index >= 15 is 0 Å². The first-order chi connectivity index (χ1) is 8.76. The quantitative estimate of drug-likeness (QED) is 0.548. The van der Waals surface area contributed by atoms with Gasteiger partial charge in [-0.05, 0) is 12.1 Å². The molecule has 3 rings (SSSR count). The molecule has 18 heavy (non-hydrogen) atoms. The lowest BCUT2D eigenvalue weighted by molar-refractivity contribution is 0.297. The number of fused-ring (bicyclic) bond motifs is 1. The van der Waals surface area contributed by atoms with Crippen molar-refractivity contribution in [2.24, 2.45) is 0 Å². The zero-order valence-corrected chi connectivity index (χ0v) is 9.53. The van der Waals surface area contributed by atoms with Crippen molar-refractivity contribution in [3.05, 3.63) is 40.7 Å².